The van der Waals surface area contributed by atoms with Crippen LogP contribution in [0.4, 0.5) is 0 Å². The van der Waals surface area contributed by atoms with Gasteiger partial charge in [0.2, 0.25) is 0 Å². The Labute approximate surface area is 83.4 Å². The van der Waals surface area contributed by atoms with Crippen LogP contribution in [0.25, 0.3) is 5.70 Å². The van der Waals surface area contributed by atoms with Crippen molar-refractivity contribution in [3.63, 3.8) is 0 Å². The van der Waals surface area contributed by atoms with Gasteiger partial charge in [-0.15, -0.1) is 0 Å². The van der Waals surface area contributed by atoms with Crippen molar-refractivity contribution in [3.05, 3.63) is 40.9 Å². The Kier molecular flexibility index (Phi) is 2.04. The van der Waals surface area contributed by atoms with Crippen molar-refractivity contribution in [2.75, 3.05) is 0 Å². The van der Waals surface area contributed by atoms with Crippen LogP contribution in [0.1, 0.15) is 30.5 Å². The van der Waals surface area contributed by atoms with Crippen molar-refractivity contribution >= 4 is 17.3 Å². The SMILES string of the molecule is C=C1NC(CC)c2cc(Cl)ccc21. The molecule has 68 valence electrons. The van der Waals surface area contributed by atoms with Crippen LogP contribution in [0.3, 0.4) is 0 Å². The Morgan fingerprint density at radius 3 is 3.00 bits per heavy atom. The second-order valence-corrected chi connectivity index (χ2v) is 3.75. The number of fused-ring (bicyclic) bond motifs is 1. The van der Waals surface area contributed by atoms with Crippen molar-refractivity contribution in [2.24, 2.45) is 0 Å². The average Bonchev–Trinajstić information content (AvgIpc) is 2.42. The Morgan fingerprint density at radius 2 is 2.31 bits per heavy atom. The highest BCUT2D eigenvalue weighted by Gasteiger charge is 2.22. The second-order valence-electron chi connectivity index (χ2n) is 3.32. The van der Waals surface area contributed by atoms with Crippen LogP contribution in [0.15, 0.2) is 24.8 Å². The zero-order chi connectivity index (χ0) is 9.42. The van der Waals surface area contributed by atoms with Gasteiger partial charge < -0.3 is 5.32 Å². The summed E-state index contributed by atoms with van der Waals surface area (Å²) in [7, 11) is 0. The first-order valence-corrected chi connectivity index (χ1v) is 4.85. The van der Waals surface area contributed by atoms with E-state index >= 15 is 0 Å². The monoisotopic (exact) mass is 193 g/mol. The summed E-state index contributed by atoms with van der Waals surface area (Å²) < 4.78 is 0. The van der Waals surface area contributed by atoms with Crippen molar-refractivity contribution < 1.29 is 0 Å². The first-order valence-electron chi connectivity index (χ1n) is 4.47. The molecule has 0 spiro atoms. The third-order valence-electron chi connectivity index (χ3n) is 2.47. The molecule has 0 aromatic heterocycles. The Bertz CT molecular complexity index is 357. The molecule has 1 atom stereocenters. The Morgan fingerprint density at radius 1 is 1.54 bits per heavy atom. The predicted octanol–water partition coefficient (Wildman–Crippen LogP) is 3.37. The van der Waals surface area contributed by atoms with E-state index in [1.165, 1.54) is 11.1 Å². The predicted molar refractivity (Wildman–Crippen MR) is 56.7 cm³/mol. The smallest absolute Gasteiger partial charge is 0.0518 e. The summed E-state index contributed by atoms with van der Waals surface area (Å²) in [5.41, 5.74) is 3.50. The number of hydrogen-bond donors (Lipinski definition) is 1. The molecular formula is C11H12ClN. The molecule has 2 heteroatoms. The third kappa shape index (κ3) is 1.33. The lowest BCUT2D eigenvalue weighted by Gasteiger charge is -2.08. The van der Waals surface area contributed by atoms with Gasteiger partial charge in [0.05, 0.1) is 6.04 Å². The minimum atomic E-state index is 0.390. The molecule has 1 aromatic carbocycles. The zero-order valence-electron chi connectivity index (χ0n) is 7.60. The molecule has 0 aliphatic carbocycles. The van der Waals surface area contributed by atoms with E-state index in [0.717, 1.165) is 17.1 Å². The first-order chi connectivity index (χ1) is 6.22. The molecule has 1 heterocycles. The summed E-state index contributed by atoms with van der Waals surface area (Å²) in [6.45, 7) is 6.12. The highest BCUT2D eigenvalue weighted by Crippen LogP contribution is 2.34. The van der Waals surface area contributed by atoms with E-state index in [9.17, 15) is 0 Å². The van der Waals surface area contributed by atoms with Crippen LogP contribution in [-0.2, 0) is 0 Å². The van der Waals surface area contributed by atoms with Gasteiger partial charge in [-0.25, -0.2) is 0 Å². The van der Waals surface area contributed by atoms with E-state index in [-0.39, 0.29) is 0 Å². The fraction of sp³-hybridized carbons (Fsp3) is 0.273. The molecule has 0 bridgehead atoms. The summed E-state index contributed by atoms with van der Waals surface area (Å²) in [6, 6.07) is 6.35. The van der Waals surface area contributed by atoms with Crippen LogP contribution in [-0.4, -0.2) is 0 Å². The van der Waals surface area contributed by atoms with E-state index in [1.807, 2.05) is 18.2 Å². The van der Waals surface area contributed by atoms with E-state index < -0.39 is 0 Å². The van der Waals surface area contributed by atoms with Crippen LogP contribution in [0, 0.1) is 0 Å². The summed E-state index contributed by atoms with van der Waals surface area (Å²) >= 11 is 5.94. The highest BCUT2D eigenvalue weighted by atomic mass is 35.5. The molecule has 0 amide bonds. The van der Waals surface area contributed by atoms with Gasteiger partial charge in [0.15, 0.2) is 0 Å². The van der Waals surface area contributed by atoms with Gasteiger partial charge in [-0.2, -0.15) is 0 Å². The van der Waals surface area contributed by atoms with Gasteiger partial charge in [0.25, 0.3) is 0 Å². The largest absolute Gasteiger partial charge is 0.378 e. The molecule has 1 aliphatic heterocycles. The standard InChI is InChI=1S/C11H12ClN/c1-3-11-10-6-8(12)4-5-9(10)7(2)13-11/h4-6,11,13H,2-3H2,1H3. The van der Waals surface area contributed by atoms with Crippen molar-refractivity contribution in [3.8, 4) is 0 Å². The minimum Gasteiger partial charge on any atom is -0.378 e. The summed E-state index contributed by atoms with van der Waals surface area (Å²) in [5.74, 6) is 0. The Balaban J connectivity index is 2.52. The minimum absolute atomic E-state index is 0.390. The molecule has 0 fully saturated rings. The van der Waals surface area contributed by atoms with Gasteiger partial charge in [0, 0.05) is 16.3 Å². The van der Waals surface area contributed by atoms with Gasteiger partial charge in [0.1, 0.15) is 0 Å². The molecule has 1 aliphatic rings. The van der Waals surface area contributed by atoms with E-state index in [4.69, 9.17) is 11.6 Å². The summed E-state index contributed by atoms with van der Waals surface area (Å²) in [5, 5.41) is 4.14. The molecule has 2 rings (SSSR count). The molecular weight excluding hydrogens is 182 g/mol. The van der Waals surface area contributed by atoms with Gasteiger partial charge >= 0.3 is 0 Å². The normalized spacial score (nSPS) is 19.8. The van der Waals surface area contributed by atoms with Crippen molar-refractivity contribution in [1.82, 2.24) is 5.32 Å². The lowest BCUT2D eigenvalue weighted by atomic mass is 10.0. The number of benzene rings is 1. The molecule has 0 radical (unpaired) electrons. The van der Waals surface area contributed by atoms with Gasteiger partial charge in [-0.1, -0.05) is 31.2 Å². The van der Waals surface area contributed by atoms with Crippen LogP contribution in [0.5, 0.6) is 0 Å². The van der Waals surface area contributed by atoms with Crippen LogP contribution in [0.2, 0.25) is 5.02 Å². The number of hydrogen-bond acceptors (Lipinski definition) is 1. The molecule has 13 heavy (non-hydrogen) atoms. The molecule has 1 N–H and O–H groups in total. The quantitative estimate of drug-likeness (QED) is 0.721. The third-order valence-corrected chi connectivity index (χ3v) is 2.71. The van der Waals surface area contributed by atoms with E-state index in [0.29, 0.717) is 6.04 Å². The highest BCUT2D eigenvalue weighted by molar-refractivity contribution is 6.30. The maximum atomic E-state index is 5.94. The molecule has 1 nitrogen and oxygen atoms in total. The number of nitrogens with one attached hydrogen (secondary N) is 1. The van der Waals surface area contributed by atoms with Gasteiger partial charge in [-0.05, 0) is 24.1 Å². The summed E-state index contributed by atoms with van der Waals surface area (Å²) in [6.07, 6.45) is 1.06. The maximum Gasteiger partial charge on any atom is 0.0518 e. The number of rotatable bonds is 1. The molecule has 0 saturated heterocycles. The fourth-order valence-electron chi connectivity index (χ4n) is 1.78. The van der Waals surface area contributed by atoms with Crippen molar-refractivity contribution in [1.29, 1.82) is 0 Å². The second kappa shape index (κ2) is 3.08. The van der Waals surface area contributed by atoms with E-state index in [1.54, 1.807) is 0 Å². The maximum absolute atomic E-state index is 5.94. The number of halogens is 1. The first kappa shape index (κ1) is 8.64. The van der Waals surface area contributed by atoms with Crippen LogP contribution < -0.4 is 5.32 Å². The summed E-state index contributed by atoms with van der Waals surface area (Å²) in [4.78, 5) is 0. The molecule has 1 aromatic rings. The molecule has 1 unspecified atom stereocenters. The lowest BCUT2D eigenvalue weighted by molar-refractivity contribution is 0.640. The Hall–Kier alpha value is -0.950. The fourth-order valence-corrected chi connectivity index (χ4v) is 1.97. The van der Waals surface area contributed by atoms with Crippen LogP contribution >= 0.6 is 11.6 Å². The molecule has 0 saturated carbocycles. The topological polar surface area (TPSA) is 12.0 Å². The van der Waals surface area contributed by atoms with Gasteiger partial charge in [-0.3, -0.25) is 0 Å². The zero-order valence-corrected chi connectivity index (χ0v) is 8.36. The lowest BCUT2D eigenvalue weighted by Crippen LogP contribution is -2.09. The van der Waals surface area contributed by atoms with Crippen molar-refractivity contribution in [2.45, 2.75) is 19.4 Å². The van der Waals surface area contributed by atoms with E-state index in [2.05, 4.69) is 18.8 Å². The average molecular weight is 194 g/mol.